The van der Waals surface area contributed by atoms with Crippen molar-refractivity contribution in [1.82, 2.24) is 10.3 Å². The minimum Gasteiger partial charge on any atom is -0.376 e. The van der Waals surface area contributed by atoms with Gasteiger partial charge < -0.3 is 15.4 Å². The van der Waals surface area contributed by atoms with Crippen LogP contribution in [0.5, 0.6) is 0 Å². The summed E-state index contributed by atoms with van der Waals surface area (Å²) in [5.41, 5.74) is 4.64. The molecule has 6 heteroatoms. The number of carbonyl (C=O) groups excluding carboxylic acids is 1. The van der Waals surface area contributed by atoms with E-state index < -0.39 is 0 Å². The number of ether oxygens (including phenoxy) is 1. The molecule has 0 unspecified atom stereocenters. The number of hydrogen-bond donors (Lipinski definition) is 2. The zero-order chi connectivity index (χ0) is 16.5. The van der Waals surface area contributed by atoms with Gasteiger partial charge >= 0.3 is 6.03 Å². The number of amides is 2. The fourth-order valence-corrected chi connectivity index (χ4v) is 3.37. The van der Waals surface area contributed by atoms with Crippen LogP contribution in [0.3, 0.4) is 0 Å². The standard InChI is InChI=1S/C18H18FN3O2/c19-13-2-3-15-11(7-13)1-4-17(15)22-18(23)21-14-8-12-10-24-6-5-16(12)20-9-14/h2-3,7-9,17H,1,4-6,10H2,(H2,21,22,23)/t17-/m1/s1. The molecule has 1 aliphatic heterocycles. The number of rotatable bonds is 2. The first kappa shape index (κ1) is 15.1. The zero-order valence-electron chi connectivity index (χ0n) is 13.1. The van der Waals surface area contributed by atoms with E-state index in [-0.39, 0.29) is 17.9 Å². The summed E-state index contributed by atoms with van der Waals surface area (Å²) in [6, 6.07) is 6.26. The largest absolute Gasteiger partial charge is 0.376 e. The second kappa shape index (κ2) is 6.20. The van der Waals surface area contributed by atoms with Crippen molar-refractivity contribution in [1.29, 1.82) is 0 Å². The van der Waals surface area contributed by atoms with Crippen LogP contribution in [-0.2, 0) is 24.2 Å². The van der Waals surface area contributed by atoms with Gasteiger partial charge in [-0.3, -0.25) is 4.98 Å². The molecule has 0 saturated carbocycles. The molecule has 1 aliphatic carbocycles. The van der Waals surface area contributed by atoms with E-state index in [0.29, 0.717) is 18.9 Å². The molecule has 24 heavy (non-hydrogen) atoms. The Kier molecular flexibility index (Phi) is 3.90. The van der Waals surface area contributed by atoms with Crippen LogP contribution < -0.4 is 10.6 Å². The average Bonchev–Trinajstić information content (AvgIpc) is 2.96. The summed E-state index contributed by atoms with van der Waals surface area (Å²) in [4.78, 5) is 16.6. The molecule has 1 aromatic carbocycles. The Morgan fingerprint density at radius 2 is 2.17 bits per heavy atom. The highest BCUT2D eigenvalue weighted by Crippen LogP contribution is 2.31. The molecule has 0 spiro atoms. The molecule has 2 amide bonds. The highest BCUT2D eigenvalue weighted by molar-refractivity contribution is 5.89. The minimum atomic E-state index is -0.282. The third-order valence-corrected chi connectivity index (χ3v) is 4.55. The Labute approximate surface area is 139 Å². The fraction of sp³-hybridized carbons (Fsp3) is 0.333. The predicted octanol–water partition coefficient (Wildman–Crippen LogP) is 3.10. The van der Waals surface area contributed by atoms with E-state index in [1.807, 2.05) is 6.07 Å². The number of hydrogen-bond acceptors (Lipinski definition) is 3. The number of pyridine rings is 1. The van der Waals surface area contributed by atoms with Crippen LogP contribution in [-0.4, -0.2) is 17.6 Å². The van der Waals surface area contributed by atoms with Crippen molar-refractivity contribution in [3.63, 3.8) is 0 Å². The van der Waals surface area contributed by atoms with E-state index in [0.717, 1.165) is 41.6 Å². The Hall–Kier alpha value is -2.47. The highest BCUT2D eigenvalue weighted by Gasteiger charge is 2.24. The van der Waals surface area contributed by atoms with Gasteiger partial charge in [0.1, 0.15) is 5.82 Å². The summed E-state index contributed by atoms with van der Waals surface area (Å²) >= 11 is 0. The molecule has 2 aliphatic rings. The normalized spacial score (nSPS) is 18.6. The first-order valence-electron chi connectivity index (χ1n) is 8.10. The predicted molar refractivity (Wildman–Crippen MR) is 87.2 cm³/mol. The molecule has 0 fully saturated rings. The number of halogens is 1. The zero-order valence-corrected chi connectivity index (χ0v) is 13.1. The third kappa shape index (κ3) is 2.97. The van der Waals surface area contributed by atoms with Crippen LogP contribution in [0.1, 0.15) is 34.8 Å². The third-order valence-electron chi connectivity index (χ3n) is 4.55. The van der Waals surface area contributed by atoms with Gasteiger partial charge in [-0.05, 0) is 42.2 Å². The van der Waals surface area contributed by atoms with Crippen molar-refractivity contribution in [2.45, 2.75) is 31.9 Å². The van der Waals surface area contributed by atoms with Gasteiger partial charge in [-0.25, -0.2) is 9.18 Å². The number of nitrogens with zero attached hydrogens (tertiary/aromatic N) is 1. The molecule has 0 radical (unpaired) electrons. The van der Waals surface area contributed by atoms with Gasteiger partial charge in [0.2, 0.25) is 0 Å². The Bertz CT molecular complexity index is 794. The van der Waals surface area contributed by atoms with E-state index in [1.165, 1.54) is 6.07 Å². The SMILES string of the molecule is O=C(Nc1cnc2c(c1)COCC2)N[C@@H]1CCc2cc(F)ccc21. The maximum Gasteiger partial charge on any atom is 0.319 e. The fourth-order valence-electron chi connectivity index (χ4n) is 3.37. The van der Waals surface area contributed by atoms with Crippen molar-refractivity contribution in [2.75, 3.05) is 11.9 Å². The number of carbonyl (C=O) groups is 1. The molecule has 0 saturated heterocycles. The number of benzene rings is 1. The van der Waals surface area contributed by atoms with Crippen LogP contribution in [0.15, 0.2) is 30.5 Å². The Morgan fingerprint density at radius 3 is 3.08 bits per heavy atom. The van der Waals surface area contributed by atoms with Gasteiger partial charge in [-0.15, -0.1) is 0 Å². The van der Waals surface area contributed by atoms with E-state index in [2.05, 4.69) is 15.6 Å². The highest BCUT2D eigenvalue weighted by atomic mass is 19.1. The topological polar surface area (TPSA) is 63.2 Å². The van der Waals surface area contributed by atoms with Crippen LogP contribution in [0.4, 0.5) is 14.9 Å². The lowest BCUT2D eigenvalue weighted by Crippen LogP contribution is -2.31. The lowest BCUT2D eigenvalue weighted by Gasteiger charge is -2.18. The molecular formula is C18H18FN3O2. The number of nitrogens with one attached hydrogen (secondary N) is 2. The van der Waals surface area contributed by atoms with Crippen molar-refractivity contribution >= 4 is 11.7 Å². The van der Waals surface area contributed by atoms with Gasteiger partial charge in [0, 0.05) is 17.7 Å². The number of anilines is 1. The second-order valence-electron chi connectivity index (χ2n) is 6.17. The second-order valence-corrected chi connectivity index (χ2v) is 6.17. The van der Waals surface area contributed by atoms with Crippen molar-refractivity contribution in [2.24, 2.45) is 0 Å². The Balaban J connectivity index is 1.43. The number of urea groups is 1. The molecule has 1 atom stereocenters. The maximum atomic E-state index is 13.3. The number of aryl methyl sites for hydroxylation is 1. The molecule has 124 valence electrons. The smallest absolute Gasteiger partial charge is 0.319 e. The summed E-state index contributed by atoms with van der Waals surface area (Å²) in [5, 5.41) is 5.77. The summed E-state index contributed by atoms with van der Waals surface area (Å²) in [6.45, 7) is 1.22. The molecule has 2 N–H and O–H groups in total. The quantitative estimate of drug-likeness (QED) is 0.891. The lowest BCUT2D eigenvalue weighted by molar-refractivity contribution is 0.109. The lowest BCUT2D eigenvalue weighted by atomic mass is 10.1. The van der Waals surface area contributed by atoms with E-state index >= 15 is 0 Å². The first-order valence-corrected chi connectivity index (χ1v) is 8.10. The summed E-state index contributed by atoms with van der Waals surface area (Å²) in [5.74, 6) is -0.235. The van der Waals surface area contributed by atoms with E-state index in [9.17, 15) is 9.18 Å². The minimum absolute atomic E-state index is 0.0884. The first-order chi connectivity index (χ1) is 11.7. The van der Waals surface area contributed by atoms with Crippen LogP contribution in [0, 0.1) is 5.82 Å². The molecule has 2 aromatic rings. The molecule has 4 rings (SSSR count). The molecule has 2 heterocycles. The van der Waals surface area contributed by atoms with Gasteiger partial charge in [0.15, 0.2) is 0 Å². The molecule has 5 nitrogen and oxygen atoms in total. The van der Waals surface area contributed by atoms with Crippen LogP contribution in [0.25, 0.3) is 0 Å². The van der Waals surface area contributed by atoms with Crippen molar-refractivity contribution in [3.05, 3.63) is 58.7 Å². The van der Waals surface area contributed by atoms with Crippen LogP contribution >= 0.6 is 0 Å². The monoisotopic (exact) mass is 327 g/mol. The average molecular weight is 327 g/mol. The van der Waals surface area contributed by atoms with E-state index in [4.69, 9.17) is 4.74 Å². The maximum absolute atomic E-state index is 13.3. The van der Waals surface area contributed by atoms with Gasteiger partial charge in [-0.1, -0.05) is 6.07 Å². The van der Waals surface area contributed by atoms with Gasteiger partial charge in [0.25, 0.3) is 0 Å². The summed E-state index contributed by atoms with van der Waals surface area (Å²) in [7, 11) is 0. The number of fused-ring (bicyclic) bond motifs is 2. The Morgan fingerprint density at radius 1 is 1.25 bits per heavy atom. The summed E-state index contributed by atoms with van der Waals surface area (Å²) < 4.78 is 18.7. The van der Waals surface area contributed by atoms with Crippen molar-refractivity contribution in [3.8, 4) is 0 Å². The van der Waals surface area contributed by atoms with Gasteiger partial charge in [0.05, 0.1) is 31.1 Å². The van der Waals surface area contributed by atoms with Gasteiger partial charge in [-0.2, -0.15) is 0 Å². The van der Waals surface area contributed by atoms with E-state index in [1.54, 1.807) is 18.3 Å². The number of aromatic nitrogens is 1. The van der Waals surface area contributed by atoms with Crippen LogP contribution in [0.2, 0.25) is 0 Å². The van der Waals surface area contributed by atoms with Crippen molar-refractivity contribution < 1.29 is 13.9 Å². The summed E-state index contributed by atoms with van der Waals surface area (Å²) in [6.07, 6.45) is 4.02. The molecule has 1 aromatic heterocycles. The molecular weight excluding hydrogens is 309 g/mol. The molecule has 0 bridgehead atoms.